The van der Waals surface area contributed by atoms with Gasteiger partial charge in [0.05, 0.1) is 0 Å². The molecule has 2 aromatic rings. The molecule has 0 heterocycles. The van der Waals surface area contributed by atoms with Gasteiger partial charge in [-0.3, -0.25) is 0 Å². The van der Waals surface area contributed by atoms with Crippen LogP contribution in [-0.2, 0) is 6.42 Å². The summed E-state index contributed by atoms with van der Waals surface area (Å²) in [6.07, 6.45) is 3.67. The molecule has 0 saturated carbocycles. The van der Waals surface area contributed by atoms with E-state index < -0.39 is 0 Å². The summed E-state index contributed by atoms with van der Waals surface area (Å²) in [5.41, 5.74) is 11.9. The number of benzene rings is 2. The zero-order chi connectivity index (χ0) is 13.0. The largest absolute Gasteiger partial charge is 0.398 e. The lowest BCUT2D eigenvalue weighted by Crippen LogP contribution is -1.91. The van der Waals surface area contributed by atoms with Crippen molar-refractivity contribution in [3.8, 4) is 11.1 Å². The zero-order valence-corrected chi connectivity index (χ0v) is 11.2. The number of unbranched alkanes of at least 4 members (excludes halogenated alkanes) is 1. The Kier molecular flexibility index (Phi) is 4.03. The monoisotopic (exact) mass is 239 g/mol. The van der Waals surface area contributed by atoms with Gasteiger partial charge in [0.1, 0.15) is 0 Å². The van der Waals surface area contributed by atoms with Gasteiger partial charge in [0.25, 0.3) is 0 Å². The third kappa shape index (κ3) is 2.92. The van der Waals surface area contributed by atoms with E-state index in [0.29, 0.717) is 0 Å². The Labute approximate surface area is 110 Å². The molecule has 18 heavy (non-hydrogen) atoms. The maximum atomic E-state index is 6.07. The molecule has 0 aromatic heterocycles. The molecule has 2 rings (SSSR count). The molecule has 0 bridgehead atoms. The van der Waals surface area contributed by atoms with Gasteiger partial charge in [0, 0.05) is 11.3 Å². The number of nitrogen functional groups attached to an aromatic ring is 1. The van der Waals surface area contributed by atoms with E-state index in [1.165, 1.54) is 36.0 Å². The second-order valence-corrected chi connectivity index (χ2v) is 4.89. The van der Waals surface area contributed by atoms with Gasteiger partial charge < -0.3 is 5.73 Å². The van der Waals surface area contributed by atoms with E-state index in [0.717, 1.165) is 11.3 Å². The van der Waals surface area contributed by atoms with E-state index in [1.54, 1.807) is 0 Å². The van der Waals surface area contributed by atoms with Crippen LogP contribution in [0.4, 0.5) is 5.69 Å². The fourth-order valence-corrected chi connectivity index (χ4v) is 2.18. The maximum Gasteiger partial charge on any atom is 0.0396 e. The highest BCUT2D eigenvalue weighted by molar-refractivity contribution is 5.76. The second kappa shape index (κ2) is 5.72. The predicted octanol–water partition coefficient (Wildman–Crippen LogP) is 4.59. The normalized spacial score (nSPS) is 10.6. The minimum Gasteiger partial charge on any atom is -0.398 e. The van der Waals surface area contributed by atoms with Gasteiger partial charge in [-0.15, -0.1) is 0 Å². The van der Waals surface area contributed by atoms with Gasteiger partial charge in [-0.1, -0.05) is 49.7 Å². The lowest BCUT2D eigenvalue weighted by molar-refractivity contribution is 0.795. The molecule has 0 amide bonds. The first-order chi connectivity index (χ1) is 8.70. The molecular weight excluding hydrogens is 218 g/mol. The van der Waals surface area contributed by atoms with Crippen LogP contribution in [0.15, 0.2) is 42.5 Å². The number of aryl methyl sites for hydroxylation is 2. The molecule has 2 N–H and O–H groups in total. The highest BCUT2D eigenvalue weighted by Gasteiger charge is 2.02. The molecule has 0 spiro atoms. The first kappa shape index (κ1) is 12.7. The van der Waals surface area contributed by atoms with Crippen molar-refractivity contribution in [1.82, 2.24) is 0 Å². The highest BCUT2D eigenvalue weighted by atomic mass is 14.6. The average Bonchev–Trinajstić information content (AvgIpc) is 2.37. The SMILES string of the molecule is CCCCc1ccc(-c2ccc(C)cc2N)cc1. The Morgan fingerprint density at radius 2 is 1.72 bits per heavy atom. The van der Waals surface area contributed by atoms with Gasteiger partial charge in [-0.2, -0.15) is 0 Å². The fourth-order valence-electron chi connectivity index (χ4n) is 2.18. The quantitative estimate of drug-likeness (QED) is 0.776. The number of hydrogen-bond donors (Lipinski definition) is 1. The standard InChI is InChI=1S/C17H21N/c1-3-4-5-14-7-9-15(10-8-14)16-11-6-13(2)12-17(16)18/h6-12H,3-5,18H2,1-2H3. The first-order valence-electron chi connectivity index (χ1n) is 6.66. The van der Waals surface area contributed by atoms with Crippen molar-refractivity contribution in [3.05, 3.63) is 53.6 Å². The summed E-state index contributed by atoms with van der Waals surface area (Å²) in [6, 6.07) is 15.0. The lowest BCUT2D eigenvalue weighted by atomic mass is 9.99. The van der Waals surface area contributed by atoms with Crippen LogP contribution < -0.4 is 5.73 Å². The van der Waals surface area contributed by atoms with E-state index in [2.05, 4.69) is 50.2 Å². The van der Waals surface area contributed by atoms with E-state index >= 15 is 0 Å². The van der Waals surface area contributed by atoms with Crippen LogP contribution in [0.2, 0.25) is 0 Å². The Hall–Kier alpha value is -1.76. The molecule has 2 aromatic carbocycles. The summed E-state index contributed by atoms with van der Waals surface area (Å²) >= 11 is 0. The van der Waals surface area contributed by atoms with Crippen molar-refractivity contribution in [3.63, 3.8) is 0 Å². The number of anilines is 1. The maximum absolute atomic E-state index is 6.07. The van der Waals surface area contributed by atoms with E-state index in [-0.39, 0.29) is 0 Å². The number of nitrogens with two attached hydrogens (primary N) is 1. The van der Waals surface area contributed by atoms with Gasteiger partial charge in [0.2, 0.25) is 0 Å². The smallest absolute Gasteiger partial charge is 0.0396 e. The predicted molar refractivity (Wildman–Crippen MR) is 79.6 cm³/mol. The lowest BCUT2D eigenvalue weighted by Gasteiger charge is -2.08. The van der Waals surface area contributed by atoms with Crippen LogP contribution in [-0.4, -0.2) is 0 Å². The van der Waals surface area contributed by atoms with Crippen molar-refractivity contribution < 1.29 is 0 Å². The molecule has 0 unspecified atom stereocenters. The minimum absolute atomic E-state index is 0.858. The summed E-state index contributed by atoms with van der Waals surface area (Å²) in [5, 5.41) is 0. The van der Waals surface area contributed by atoms with Crippen molar-refractivity contribution in [2.75, 3.05) is 5.73 Å². The minimum atomic E-state index is 0.858. The Morgan fingerprint density at radius 3 is 2.33 bits per heavy atom. The molecule has 0 saturated heterocycles. The molecular formula is C17H21N. The summed E-state index contributed by atoms with van der Waals surface area (Å²) in [5.74, 6) is 0. The highest BCUT2D eigenvalue weighted by Crippen LogP contribution is 2.27. The molecule has 0 fully saturated rings. The Balaban J connectivity index is 2.23. The average molecular weight is 239 g/mol. The Morgan fingerprint density at radius 1 is 1.00 bits per heavy atom. The summed E-state index contributed by atoms with van der Waals surface area (Å²) in [7, 11) is 0. The van der Waals surface area contributed by atoms with Crippen LogP contribution in [0.5, 0.6) is 0 Å². The van der Waals surface area contributed by atoms with E-state index in [9.17, 15) is 0 Å². The van der Waals surface area contributed by atoms with Crippen LogP contribution in [0.25, 0.3) is 11.1 Å². The summed E-state index contributed by atoms with van der Waals surface area (Å²) in [6.45, 7) is 4.29. The molecule has 1 heteroatoms. The molecule has 94 valence electrons. The van der Waals surface area contributed by atoms with E-state index in [1.807, 2.05) is 6.07 Å². The van der Waals surface area contributed by atoms with Gasteiger partial charge in [-0.05, 0) is 42.5 Å². The zero-order valence-electron chi connectivity index (χ0n) is 11.2. The van der Waals surface area contributed by atoms with Crippen molar-refractivity contribution >= 4 is 5.69 Å². The van der Waals surface area contributed by atoms with Crippen molar-refractivity contribution in [2.45, 2.75) is 33.1 Å². The van der Waals surface area contributed by atoms with Crippen LogP contribution in [0, 0.1) is 6.92 Å². The molecule has 0 aliphatic carbocycles. The molecule has 0 aliphatic heterocycles. The number of rotatable bonds is 4. The van der Waals surface area contributed by atoms with Crippen molar-refractivity contribution in [1.29, 1.82) is 0 Å². The van der Waals surface area contributed by atoms with Gasteiger partial charge >= 0.3 is 0 Å². The molecule has 0 aliphatic rings. The second-order valence-electron chi connectivity index (χ2n) is 4.89. The topological polar surface area (TPSA) is 26.0 Å². The van der Waals surface area contributed by atoms with Crippen molar-refractivity contribution in [2.24, 2.45) is 0 Å². The van der Waals surface area contributed by atoms with Crippen LogP contribution >= 0.6 is 0 Å². The van der Waals surface area contributed by atoms with Crippen LogP contribution in [0.3, 0.4) is 0 Å². The molecule has 0 atom stereocenters. The summed E-state index contributed by atoms with van der Waals surface area (Å²) < 4.78 is 0. The third-order valence-corrected chi connectivity index (χ3v) is 3.29. The third-order valence-electron chi connectivity index (χ3n) is 3.29. The summed E-state index contributed by atoms with van der Waals surface area (Å²) in [4.78, 5) is 0. The fraction of sp³-hybridized carbons (Fsp3) is 0.294. The molecule has 0 radical (unpaired) electrons. The number of hydrogen-bond acceptors (Lipinski definition) is 1. The Bertz CT molecular complexity index is 512. The van der Waals surface area contributed by atoms with Gasteiger partial charge in [0.15, 0.2) is 0 Å². The first-order valence-corrected chi connectivity index (χ1v) is 6.66. The van der Waals surface area contributed by atoms with Crippen LogP contribution in [0.1, 0.15) is 30.9 Å². The van der Waals surface area contributed by atoms with Gasteiger partial charge in [-0.25, -0.2) is 0 Å². The molecule has 1 nitrogen and oxygen atoms in total. The van der Waals surface area contributed by atoms with E-state index in [4.69, 9.17) is 5.73 Å².